The van der Waals surface area contributed by atoms with Crippen LogP contribution < -0.4 is 15.4 Å². The summed E-state index contributed by atoms with van der Waals surface area (Å²) in [6.07, 6.45) is 1.37. The zero-order chi connectivity index (χ0) is 26.8. The first-order chi connectivity index (χ1) is 18.4. The van der Waals surface area contributed by atoms with E-state index in [9.17, 15) is 19.1 Å². The van der Waals surface area contributed by atoms with Crippen molar-refractivity contribution in [1.82, 2.24) is 4.98 Å². The van der Waals surface area contributed by atoms with Crippen LogP contribution in [0.15, 0.2) is 60.8 Å². The van der Waals surface area contributed by atoms with E-state index >= 15 is 0 Å². The van der Waals surface area contributed by atoms with Crippen molar-refractivity contribution in [3.63, 3.8) is 0 Å². The summed E-state index contributed by atoms with van der Waals surface area (Å²) in [7, 11) is 1.50. The third kappa shape index (κ3) is 4.89. The van der Waals surface area contributed by atoms with Crippen LogP contribution in [0.1, 0.15) is 12.0 Å². The van der Waals surface area contributed by atoms with Gasteiger partial charge in [0.25, 0.3) is 0 Å². The van der Waals surface area contributed by atoms with Crippen LogP contribution >= 0.6 is 0 Å². The summed E-state index contributed by atoms with van der Waals surface area (Å²) in [4.78, 5) is 6.56. The lowest BCUT2D eigenvalue weighted by atomic mass is 9.95. The largest absolute Gasteiger partial charge is 0.466 e. The standard InChI is InChI=1S/C29H26F2N4O3/c1-37-16-38-29-18(13-32)3-2-4-22(29)17-5-6-26-23(11-17)28(35-8-7-25(33)27(36)15-35)24(14-34-26)19-9-20(30)12-21(31)10-19/h2-6,9-12,14,25,27,36H,7-8,15-16,33H2,1H3/t25-,27+/m0/s1. The minimum atomic E-state index is -0.770. The highest BCUT2D eigenvalue weighted by atomic mass is 19.1. The van der Waals surface area contributed by atoms with Gasteiger partial charge in [0.15, 0.2) is 6.79 Å². The molecule has 194 valence electrons. The molecule has 2 atom stereocenters. The summed E-state index contributed by atoms with van der Waals surface area (Å²) in [5.41, 5.74) is 10.0. The number of hydrogen-bond donors (Lipinski definition) is 2. The summed E-state index contributed by atoms with van der Waals surface area (Å²) >= 11 is 0. The van der Waals surface area contributed by atoms with Gasteiger partial charge >= 0.3 is 0 Å². The van der Waals surface area contributed by atoms with Crippen LogP contribution in [-0.4, -0.2) is 49.2 Å². The van der Waals surface area contributed by atoms with Crippen LogP contribution in [0, 0.1) is 23.0 Å². The smallest absolute Gasteiger partial charge is 0.188 e. The van der Waals surface area contributed by atoms with Crippen molar-refractivity contribution < 1.29 is 23.4 Å². The predicted molar refractivity (Wildman–Crippen MR) is 141 cm³/mol. The Morgan fingerprint density at radius 3 is 2.61 bits per heavy atom. The number of rotatable bonds is 6. The zero-order valence-electron chi connectivity index (χ0n) is 20.7. The molecule has 0 saturated carbocycles. The lowest BCUT2D eigenvalue weighted by Crippen LogP contribution is -2.50. The number of aliphatic hydroxyl groups excluding tert-OH is 1. The van der Waals surface area contributed by atoms with Gasteiger partial charge in [0.05, 0.1) is 22.9 Å². The van der Waals surface area contributed by atoms with E-state index in [1.165, 1.54) is 19.2 Å². The van der Waals surface area contributed by atoms with Crippen molar-refractivity contribution in [2.75, 3.05) is 31.9 Å². The number of nitrogens with two attached hydrogens (primary N) is 1. The highest BCUT2D eigenvalue weighted by molar-refractivity contribution is 6.02. The number of ether oxygens (including phenoxy) is 2. The van der Waals surface area contributed by atoms with Gasteiger partial charge in [-0.25, -0.2) is 8.78 Å². The molecule has 0 spiro atoms. The second kappa shape index (κ2) is 10.7. The third-order valence-corrected chi connectivity index (χ3v) is 6.73. The lowest BCUT2D eigenvalue weighted by molar-refractivity contribution is 0.0513. The molecular weight excluding hydrogens is 490 g/mol. The molecule has 7 nitrogen and oxygen atoms in total. The Kier molecular flexibility index (Phi) is 7.20. The van der Waals surface area contributed by atoms with E-state index in [4.69, 9.17) is 15.2 Å². The van der Waals surface area contributed by atoms with Gasteiger partial charge in [0.2, 0.25) is 0 Å². The lowest BCUT2D eigenvalue weighted by Gasteiger charge is -2.37. The van der Waals surface area contributed by atoms with Gasteiger partial charge < -0.3 is 25.2 Å². The van der Waals surface area contributed by atoms with E-state index in [0.29, 0.717) is 57.6 Å². The molecule has 9 heteroatoms. The molecule has 0 radical (unpaired) electrons. The monoisotopic (exact) mass is 516 g/mol. The number of halogens is 2. The number of β-amino-alcohol motifs (C(OH)–C–C–N with tert-alkyl or cyclic N) is 1. The molecule has 1 aliphatic rings. The molecule has 1 aliphatic heterocycles. The predicted octanol–water partition coefficient (Wildman–Crippen LogP) is 4.60. The van der Waals surface area contributed by atoms with Gasteiger partial charge in [-0.05, 0) is 47.9 Å². The van der Waals surface area contributed by atoms with E-state index < -0.39 is 17.7 Å². The molecule has 3 aromatic carbocycles. The van der Waals surface area contributed by atoms with Crippen LogP contribution in [0.2, 0.25) is 0 Å². The summed E-state index contributed by atoms with van der Waals surface area (Å²) in [6.45, 7) is 0.757. The molecule has 2 heterocycles. The number of para-hydroxylation sites is 1. The van der Waals surface area contributed by atoms with Crippen molar-refractivity contribution in [2.45, 2.75) is 18.6 Å². The van der Waals surface area contributed by atoms with Crippen LogP contribution in [0.5, 0.6) is 5.75 Å². The van der Waals surface area contributed by atoms with Crippen LogP contribution in [0.25, 0.3) is 33.2 Å². The number of hydrogen-bond acceptors (Lipinski definition) is 7. The van der Waals surface area contributed by atoms with E-state index in [0.717, 1.165) is 11.6 Å². The third-order valence-electron chi connectivity index (χ3n) is 6.73. The molecular formula is C29H26F2N4O3. The minimum Gasteiger partial charge on any atom is -0.466 e. The minimum absolute atomic E-state index is 0.0344. The Balaban J connectivity index is 1.75. The van der Waals surface area contributed by atoms with Crippen LogP contribution in [0.4, 0.5) is 14.5 Å². The van der Waals surface area contributed by atoms with E-state index in [1.807, 2.05) is 29.2 Å². The maximum atomic E-state index is 14.2. The van der Waals surface area contributed by atoms with Crippen LogP contribution in [0.3, 0.4) is 0 Å². The summed E-state index contributed by atoms with van der Waals surface area (Å²) in [5.74, 6) is -1.02. The maximum Gasteiger partial charge on any atom is 0.188 e. The highest BCUT2D eigenvalue weighted by Crippen LogP contribution is 2.41. The van der Waals surface area contributed by atoms with Gasteiger partial charge in [-0.15, -0.1) is 0 Å². The summed E-state index contributed by atoms with van der Waals surface area (Å²) in [6, 6.07) is 16.0. The Morgan fingerprint density at radius 2 is 1.89 bits per heavy atom. The van der Waals surface area contributed by atoms with Crippen LogP contribution in [-0.2, 0) is 4.74 Å². The molecule has 0 unspecified atom stereocenters. The molecule has 0 aliphatic carbocycles. The fraction of sp³-hybridized carbons (Fsp3) is 0.241. The van der Waals surface area contributed by atoms with Gasteiger partial charge in [0.1, 0.15) is 23.5 Å². The van der Waals surface area contributed by atoms with Crippen molar-refractivity contribution in [3.8, 4) is 34.1 Å². The van der Waals surface area contributed by atoms with Crippen molar-refractivity contribution in [2.24, 2.45) is 5.73 Å². The second-order valence-corrected chi connectivity index (χ2v) is 9.22. The van der Waals surface area contributed by atoms with Gasteiger partial charge in [-0.2, -0.15) is 5.26 Å². The Bertz CT molecular complexity index is 1520. The first-order valence-corrected chi connectivity index (χ1v) is 12.1. The fourth-order valence-corrected chi connectivity index (χ4v) is 4.89. The van der Waals surface area contributed by atoms with Gasteiger partial charge in [-0.1, -0.05) is 18.2 Å². The van der Waals surface area contributed by atoms with E-state index in [1.54, 1.807) is 18.3 Å². The highest BCUT2D eigenvalue weighted by Gasteiger charge is 2.28. The molecule has 38 heavy (non-hydrogen) atoms. The number of aromatic nitrogens is 1. The number of anilines is 1. The van der Waals surface area contributed by atoms with Gasteiger partial charge in [-0.3, -0.25) is 4.98 Å². The number of nitriles is 1. The molecule has 0 bridgehead atoms. The number of methoxy groups -OCH3 is 1. The summed E-state index contributed by atoms with van der Waals surface area (Å²) in [5, 5.41) is 20.9. The topological polar surface area (TPSA) is 105 Å². The number of piperidine rings is 1. The average Bonchev–Trinajstić information content (AvgIpc) is 2.91. The first kappa shape index (κ1) is 25.5. The molecule has 3 N–H and O–H groups in total. The number of benzene rings is 3. The number of pyridine rings is 1. The zero-order valence-corrected chi connectivity index (χ0v) is 20.7. The quantitative estimate of drug-likeness (QED) is 0.361. The van der Waals surface area contributed by atoms with Crippen molar-refractivity contribution >= 4 is 16.6 Å². The SMILES string of the molecule is COCOc1c(C#N)cccc1-c1ccc2ncc(-c3cc(F)cc(F)c3)c(N3CC[C@H](N)[C@H](O)C3)c2c1. The van der Waals surface area contributed by atoms with E-state index in [-0.39, 0.29) is 19.4 Å². The molecule has 1 saturated heterocycles. The summed E-state index contributed by atoms with van der Waals surface area (Å²) < 4.78 is 39.3. The van der Waals surface area contributed by atoms with Crippen molar-refractivity contribution in [1.29, 1.82) is 5.26 Å². The fourth-order valence-electron chi connectivity index (χ4n) is 4.89. The molecule has 1 aromatic heterocycles. The maximum absolute atomic E-state index is 14.2. The number of fused-ring (bicyclic) bond motifs is 1. The molecule has 0 amide bonds. The second-order valence-electron chi connectivity index (χ2n) is 9.22. The average molecular weight is 517 g/mol. The number of aliphatic hydroxyl groups is 1. The molecule has 4 aromatic rings. The first-order valence-electron chi connectivity index (χ1n) is 12.1. The molecule has 5 rings (SSSR count). The normalized spacial score (nSPS) is 17.4. The van der Waals surface area contributed by atoms with E-state index in [2.05, 4.69) is 11.1 Å². The number of nitrogens with zero attached hydrogens (tertiary/aromatic N) is 3. The Hall–Kier alpha value is -4.10. The Morgan fingerprint density at radius 1 is 1.11 bits per heavy atom. The Labute approximate surface area is 218 Å². The van der Waals surface area contributed by atoms with Gasteiger partial charge in [0, 0.05) is 55.0 Å². The molecule has 1 fully saturated rings. The van der Waals surface area contributed by atoms with Crippen molar-refractivity contribution in [3.05, 3.63) is 78.0 Å².